The molecular formula is C16H24N4O2. The summed E-state index contributed by atoms with van der Waals surface area (Å²) < 4.78 is 0. The van der Waals surface area contributed by atoms with E-state index in [1.54, 1.807) is 18.0 Å². The van der Waals surface area contributed by atoms with Crippen LogP contribution in [0.1, 0.15) is 10.4 Å². The topological polar surface area (TPSA) is 55.9 Å². The van der Waals surface area contributed by atoms with Crippen LogP contribution in [-0.4, -0.2) is 75.5 Å². The highest BCUT2D eigenvalue weighted by Gasteiger charge is 2.34. The number of nitrogens with one attached hydrogen (secondary N) is 1. The first kappa shape index (κ1) is 16.3. The number of hydrogen-bond acceptors (Lipinski definition) is 4. The Morgan fingerprint density at radius 2 is 2.00 bits per heavy atom. The van der Waals surface area contributed by atoms with Gasteiger partial charge in [0.25, 0.3) is 5.91 Å². The minimum absolute atomic E-state index is 0.0922. The van der Waals surface area contributed by atoms with Crippen molar-refractivity contribution in [2.45, 2.75) is 6.04 Å². The van der Waals surface area contributed by atoms with Crippen molar-refractivity contribution < 1.29 is 9.59 Å². The van der Waals surface area contributed by atoms with Crippen molar-refractivity contribution in [3.8, 4) is 0 Å². The third-order valence-corrected chi connectivity index (χ3v) is 4.00. The number of benzene rings is 1. The van der Waals surface area contributed by atoms with Crippen LogP contribution in [0.2, 0.25) is 0 Å². The molecule has 0 aromatic heterocycles. The minimum Gasteiger partial charge on any atom is -0.378 e. The predicted molar refractivity (Wildman–Crippen MR) is 87.2 cm³/mol. The van der Waals surface area contributed by atoms with E-state index >= 15 is 0 Å². The normalized spacial score (nSPS) is 18.9. The van der Waals surface area contributed by atoms with Crippen molar-refractivity contribution in [1.29, 1.82) is 0 Å². The van der Waals surface area contributed by atoms with Gasteiger partial charge in [0, 0.05) is 52.0 Å². The number of rotatable bonds is 3. The van der Waals surface area contributed by atoms with Gasteiger partial charge >= 0.3 is 0 Å². The van der Waals surface area contributed by atoms with Gasteiger partial charge in [-0.15, -0.1) is 0 Å². The first-order valence-corrected chi connectivity index (χ1v) is 7.42. The number of likely N-dealkylation sites (N-methyl/N-ethyl adjacent to an activating group) is 2. The fourth-order valence-electron chi connectivity index (χ4n) is 2.64. The standard InChI is InChI=1S/C16H24N4O2/c1-17-15(21)14-11-19(4)8-9-20(14)16(22)12-6-5-7-13(10-12)18(2)3/h5-7,10,14H,8-9,11H2,1-4H3,(H,17,21)/t14-/m1/s1. The number of carbonyl (C=O) groups is 2. The Hall–Kier alpha value is -2.08. The number of hydrogen-bond donors (Lipinski definition) is 1. The van der Waals surface area contributed by atoms with E-state index in [1.165, 1.54) is 0 Å². The second kappa shape index (κ2) is 6.79. The van der Waals surface area contributed by atoms with E-state index in [0.717, 1.165) is 12.2 Å². The van der Waals surface area contributed by atoms with E-state index < -0.39 is 6.04 Å². The zero-order valence-electron chi connectivity index (χ0n) is 13.7. The summed E-state index contributed by atoms with van der Waals surface area (Å²) in [7, 11) is 7.44. The Morgan fingerprint density at radius 1 is 1.27 bits per heavy atom. The van der Waals surface area contributed by atoms with Gasteiger partial charge in [0.2, 0.25) is 5.91 Å². The monoisotopic (exact) mass is 304 g/mol. The van der Waals surface area contributed by atoms with E-state index in [2.05, 4.69) is 10.2 Å². The number of carbonyl (C=O) groups excluding carboxylic acids is 2. The first-order valence-electron chi connectivity index (χ1n) is 7.42. The molecule has 0 saturated carbocycles. The number of piperazine rings is 1. The maximum atomic E-state index is 12.8. The first-order chi connectivity index (χ1) is 10.4. The molecule has 1 aliphatic rings. The molecule has 0 radical (unpaired) electrons. The van der Waals surface area contributed by atoms with E-state index in [1.807, 2.05) is 44.2 Å². The quantitative estimate of drug-likeness (QED) is 0.870. The highest BCUT2D eigenvalue weighted by Crippen LogP contribution is 2.18. The van der Waals surface area contributed by atoms with Crippen molar-refractivity contribution >= 4 is 17.5 Å². The molecule has 22 heavy (non-hydrogen) atoms. The summed E-state index contributed by atoms with van der Waals surface area (Å²) >= 11 is 0. The van der Waals surface area contributed by atoms with Crippen molar-refractivity contribution in [2.75, 3.05) is 52.7 Å². The van der Waals surface area contributed by atoms with E-state index in [9.17, 15) is 9.59 Å². The van der Waals surface area contributed by atoms with Gasteiger partial charge in [0.1, 0.15) is 6.04 Å². The van der Waals surface area contributed by atoms with Gasteiger partial charge in [-0.3, -0.25) is 9.59 Å². The van der Waals surface area contributed by atoms with Crippen LogP contribution in [0, 0.1) is 0 Å². The highest BCUT2D eigenvalue weighted by atomic mass is 16.2. The molecule has 120 valence electrons. The Kier molecular flexibility index (Phi) is 5.03. The van der Waals surface area contributed by atoms with Crippen molar-refractivity contribution in [3.05, 3.63) is 29.8 Å². The highest BCUT2D eigenvalue weighted by molar-refractivity contribution is 5.98. The maximum absolute atomic E-state index is 12.8. The van der Waals surface area contributed by atoms with Gasteiger partial charge in [-0.2, -0.15) is 0 Å². The SMILES string of the molecule is CNC(=O)[C@H]1CN(C)CCN1C(=O)c1cccc(N(C)C)c1. The molecule has 6 nitrogen and oxygen atoms in total. The Bertz CT molecular complexity index is 559. The lowest BCUT2D eigenvalue weighted by Crippen LogP contribution is -2.59. The van der Waals surface area contributed by atoms with Crippen LogP contribution in [0.4, 0.5) is 5.69 Å². The Labute approximate surface area is 131 Å². The smallest absolute Gasteiger partial charge is 0.254 e. The molecule has 6 heteroatoms. The summed E-state index contributed by atoms with van der Waals surface area (Å²) in [5, 5.41) is 2.65. The molecule has 1 fully saturated rings. The molecule has 1 aromatic carbocycles. The minimum atomic E-state index is -0.445. The average Bonchev–Trinajstić information content (AvgIpc) is 2.53. The van der Waals surface area contributed by atoms with E-state index in [4.69, 9.17) is 0 Å². The van der Waals surface area contributed by atoms with Gasteiger partial charge in [0.05, 0.1) is 0 Å². The summed E-state index contributed by atoms with van der Waals surface area (Å²) in [6, 6.07) is 7.04. The molecule has 0 bridgehead atoms. The lowest BCUT2D eigenvalue weighted by molar-refractivity contribution is -0.126. The molecule has 0 spiro atoms. The van der Waals surface area contributed by atoms with Crippen molar-refractivity contribution in [1.82, 2.24) is 15.1 Å². The van der Waals surface area contributed by atoms with E-state index in [-0.39, 0.29) is 11.8 Å². The summed E-state index contributed by atoms with van der Waals surface area (Å²) in [5.74, 6) is -0.214. The molecule has 1 aliphatic heterocycles. The Balaban J connectivity index is 2.26. The average molecular weight is 304 g/mol. The number of amides is 2. The molecule has 1 N–H and O–H groups in total. The molecule has 0 unspecified atom stereocenters. The second-order valence-corrected chi connectivity index (χ2v) is 5.84. The summed E-state index contributed by atoms with van der Waals surface area (Å²) in [4.78, 5) is 30.6. The molecular weight excluding hydrogens is 280 g/mol. The third kappa shape index (κ3) is 3.39. The lowest BCUT2D eigenvalue weighted by atomic mass is 10.1. The van der Waals surface area contributed by atoms with E-state index in [0.29, 0.717) is 18.7 Å². The van der Waals surface area contributed by atoms with Crippen LogP contribution in [0.25, 0.3) is 0 Å². The predicted octanol–water partition coefficient (Wildman–Crippen LogP) is 0.255. The van der Waals surface area contributed by atoms with Crippen LogP contribution < -0.4 is 10.2 Å². The maximum Gasteiger partial charge on any atom is 0.254 e. The van der Waals surface area contributed by atoms with Crippen LogP contribution >= 0.6 is 0 Å². The van der Waals surface area contributed by atoms with Crippen molar-refractivity contribution in [3.63, 3.8) is 0 Å². The fourth-order valence-corrected chi connectivity index (χ4v) is 2.64. The van der Waals surface area contributed by atoms with Crippen LogP contribution in [0.3, 0.4) is 0 Å². The van der Waals surface area contributed by atoms with Crippen LogP contribution in [0.5, 0.6) is 0 Å². The van der Waals surface area contributed by atoms with Gasteiger partial charge in [-0.05, 0) is 25.2 Å². The third-order valence-electron chi connectivity index (χ3n) is 4.00. The zero-order chi connectivity index (χ0) is 16.3. The Morgan fingerprint density at radius 3 is 2.64 bits per heavy atom. The summed E-state index contributed by atoms with van der Waals surface area (Å²) in [5.41, 5.74) is 1.58. The van der Waals surface area contributed by atoms with Crippen molar-refractivity contribution in [2.24, 2.45) is 0 Å². The van der Waals surface area contributed by atoms with Gasteiger partial charge in [-0.1, -0.05) is 6.07 Å². The number of nitrogens with zero attached hydrogens (tertiary/aromatic N) is 3. The molecule has 2 amide bonds. The van der Waals surface area contributed by atoms with Crippen LogP contribution in [-0.2, 0) is 4.79 Å². The molecule has 1 heterocycles. The van der Waals surface area contributed by atoms with Gasteiger partial charge < -0.3 is 20.0 Å². The van der Waals surface area contributed by atoms with Gasteiger partial charge in [0.15, 0.2) is 0 Å². The largest absolute Gasteiger partial charge is 0.378 e. The lowest BCUT2D eigenvalue weighted by Gasteiger charge is -2.39. The molecule has 1 aromatic rings. The number of anilines is 1. The molecule has 1 atom stereocenters. The van der Waals surface area contributed by atoms with Gasteiger partial charge in [-0.25, -0.2) is 0 Å². The molecule has 1 saturated heterocycles. The zero-order valence-corrected chi connectivity index (χ0v) is 13.7. The fraction of sp³-hybridized carbons (Fsp3) is 0.500. The molecule has 2 rings (SSSR count). The summed E-state index contributed by atoms with van der Waals surface area (Å²) in [6.45, 7) is 1.88. The van der Waals surface area contributed by atoms with Crippen LogP contribution in [0.15, 0.2) is 24.3 Å². The molecule has 0 aliphatic carbocycles. The summed E-state index contributed by atoms with van der Waals surface area (Å²) in [6.07, 6.45) is 0. The second-order valence-electron chi connectivity index (χ2n) is 5.84.